The maximum atomic E-state index is 11.1. The molecule has 0 bridgehead atoms. The van der Waals surface area contributed by atoms with Gasteiger partial charge in [-0.05, 0) is 31.0 Å². The summed E-state index contributed by atoms with van der Waals surface area (Å²) < 4.78 is 0. The molecule has 1 aromatic rings. The lowest BCUT2D eigenvalue weighted by Gasteiger charge is -2.28. The fourth-order valence-electron chi connectivity index (χ4n) is 2.21. The van der Waals surface area contributed by atoms with Crippen LogP contribution in [0.1, 0.15) is 44.0 Å². The van der Waals surface area contributed by atoms with Gasteiger partial charge in [-0.3, -0.25) is 0 Å². The summed E-state index contributed by atoms with van der Waals surface area (Å²) in [6.45, 7) is 8.16. The molecule has 0 amide bonds. The van der Waals surface area contributed by atoms with Crippen LogP contribution in [0.2, 0.25) is 0 Å². The summed E-state index contributed by atoms with van der Waals surface area (Å²) in [6.07, 6.45) is 2.23. The Hall–Kier alpha value is -1.71. The van der Waals surface area contributed by atoms with Crippen LogP contribution in [-0.4, -0.2) is 24.2 Å². The quantitative estimate of drug-likeness (QED) is 0.742. The second-order valence-corrected chi connectivity index (χ2v) is 4.80. The number of aromatic carboxylic acids is 1. The van der Waals surface area contributed by atoms with Gasteiger partial charge in [-0.2, -0.15) is 0 Å². The van der Waals surface area contributed by atoms with E-state index >= 15 is 0 Å². The van der Waals surface area contributed by atoms with Crippen molar-refractivity contribution in [2.45, 2.75) is 33.6 Å². The molecule has 0 aliphatic carbocycles. The van der Waals surface area contributed by atoms with Crippen LogP contribution in [0.15, 0.2) is 18.2 Å². The number of carboxylic acids is 1. The predicted octanol–water partition coefficient (Wildman–Crippen LogP) is 3.23. The number of benzene rings is 1. The van der Waals surface area contributed by atoms with Gasteiger partial charge in [0, 0.05) is 13.1 Å². The molecule has 4 nitrogen and oxygen atoms in total. The van der Waals surface area contributed by atoms with Crippen LogP contribution in [0, 0.1) is 5.92 Å². The zero-order valence-electron chi connectivity index (χ0n) is 12.0. The summed E-state index contributed by atoms with van der Waals surface area (Å²) in [5.74, 6) is -0.312. The molecule has 0 unspecified atom stereocenters. The highest BCUT2D eigenvalue weighted by molar-refractivity contribution is 5.90. The van der Waals surface area contributed by atoms with E-state index in [1.807, 2.05) is 0 Å². The molecule has 0 aromatic heterocycles. The number of carbonyl (C=O) groups is 1. The zero-order chi connectivity index (χ0) is 14.4. The molecule has 106 valence electrons. The Morgan fingerprint density at radius 1 is 1.32 bits per heavy atom. The molecule has 3 N–H and O–H groups in total. The standard InChI is InChI=1S/C15H24N2O2/c1-4-11(5-2)10-17(6-3)14-9-12(15(18)19)7-8-13(14)16/h7-9,11H,4-6,10,16H2,1-3H3,(H,18,19). The third kappa shape index (κ3) is 3.88. The normalized spacial score (nSPS) is 10.7. The maximum Gasteiger partial charge on any atom is 0.335 e. The Morgan fingerprint density at radius 2 is 1.95 bits per heavy atom. The van der Waals surface area contributed by atoms with E-state index in [4.69, 9.17) is 10.8 Å². The number of nitrogens with zero attached hydrogens (tertiary/aromatic N) is 1. The van der Waals surface area contributed by atoms with Crippen molar-refractivity contribution < 1.29 is 9.90 Å². The average Bonchev–Trinajstić information content (AvgIpc) is 2.41. The highest BCUT2D eigenvalue weighted by atomic mass is 16.4. The molecule has 0 radical (unpaired) electrons. The summed E-state index contributed by atoms with van der Waals surface area (Å²) in [7, 11) is 0. The highest BCUT2D eigenvalue weighted by Crippen LogP contribution is 2.26. The Labute approximate surface area is 115 Å². The second-order valence-electron chi connectivity index (χ2n) is 4.80. The van der Waals surface area contributed by atoms with Crippen molar-refractivity contribution in [1.29, 1.82) is 0 Å². The van der Waals surface area contributed by atoms with Crippen molar-refractivity contribution in [2.24, 2.45) is 5.92 Å². The van der Waals surface area contributed by atoms with E-state index in [9.17, 15) is 4.79 Å². The number of anilines is 2. The number of hydrogen-bond donors (Lipinski definition) is 2. The zero-order valence-corrected chi connectivity index (χ0v) is 12.0. The molecule has 1 rings (SSSR count). The molecule has 0 aliphatic rings. The van der Waals surface area contributed by atoms with Gasteiger partial charge in [0.05, 0.1) is 16.9 Å². The molecule has 19 heavy (non-hydrogen) atoms. The van der Waals surface area contributed by atoms with Crippen LogP contribution < -0.4 is 10.6 Å². The SMILES string of the molecule is CCC(CC)CN(CC)c1cc(C(=O)O)ccc1N. The topological polar surface area (TPSA) is 66.6 Å². The lowest BCUT2D eigenvalue weighted by Crippen LogP contribution is -2.29. The van der Waals surface area contributed by atoms with Gasteiger partial charge in [0.25, 0.3) is 0 Å². The smallest absolute Gasteiger partial charge is 0.335 e. The van der Waals surface area contributed by atoms with Crippen LogP contribution in [0.5, 0.6) is 0 Å². The lowest BCUT2D eigenvalue weighted by molar-refractivity contribution is 0.0697. The molecular formula is C15H24N2O2. The van der Waals surface area contributed by atoms with Crippen LogP contribution in [0.25, 0.3) is 0 Å². The number of nitrogen functional groups attached to an aromatic ring is 1. The van der Waals surface area contributed by atoms with Crippen molar-refractivity contribution in [2.75, 3.05) is 23.7 Å². The molecule has 0 heterocycles. The lowest BCUT2D eigenvalue weighted by atomic mass is 10.0. The third-order valence-corrected chi connectivity index (χ3v) is 3.63. The van der Waals surface area contributed by atoms with Gasteiger partial charge in [-0.25, -0.2) is 4.79 Å². The number of hydrogen-bond acceptors (Lipinski definition) is 3. The monoisotopic (exact) mass is 264 g/mol. The molecular weight excluding hydrogens is 240 g/mol. The van der Waals surface area contributed by atoms with Crippen LogP contribution >= 0.6 is 0 Å². The first-order valence-electron chi connectivity index (χ1n) is 6.91. The van der Waals surface area contributed by atoms with E-state index in [2.05, 4.69) is 25.7 Å². The molecule has 0 atom stereocenters. The molecule has 0 spiro atoms. The van der Waals surface area contributed by atoms with E-state index in [1.54, 1.807) is 18.2 Å². The minimum Gasteiger partial charge on any atom is -0.478 e. The van der Waals surface area contributed by atoms with Gasteiger partial charge in [0.1, 0.15) is 0 Å². The molecule has 4 heteroatoms. The first-order chi connectivity index (χ1) is 9.03. The minimum absolute atomic E-state index is 0.284. The largest absolute Gasteiger partial charge is 0.478 e. The summed E-state index contributed by atoms with van der Waals surface area (Å²) in [5, 5.41) is 9.07. The predicted molar refractivity (Wildman–Crippen MR) is 79.8 cm³/mol. The van der Waals surface area contributed by atoms with Gasteiger partial charge in [-0.15, -0.1) is 0 Å². The number of rotatable bonds is 7. The van der Waals surface area contributed by atoms with E-state index < -0.39 is 5.97 Å². The molecule has 0 fully saturated rings. The van der Waals surface area contributed by atoms with E-state index in [0.717, 1.165) is 31.6 Å². The van der Waals surface area contributed by atoms with Gasteiger partial charge in [-0.1, -0.05) is 26.7 Å². The maximum absolute atomic E-state index is 11.1. The number of carboxylic acid groups (broad SMARTS) is 1. The van der Waals surface area contributed by atoms with Gasteiger partial charge >= 0.3 is 5.97 Å². The first-order valence-corrected chi connectivity index (χ1v) is 6.91. The van der Waals surface area contributed by atoms with E-state index in [0.29, 0.717) is 11.6 Å². The van der Waals surface area contributed by atoms with Crippen LogP contribution in [0.3, 0.4) is 0 Å². The fraction of sp³-hybridized carbons (Fsp3) is 0.533. The summed E-state index contributed by atoms with van der Waals surface area (Å²) in [4.78, 5) is 13.2. The van der Waals surface area contributed by atoms with Gasteiger partial charge in [0.2, 0.25) is 0 Å². The van der Waals surface area contributed by atoms with Crippen molar-refractivity contribution >= 4 is 17.3 Å². The summed E-state index contributed by atoms with van der Waals surface area (Å²) >= 11 is 0. The Kier molecular flexibility index (Phi) is 5.67. The minimum atomic E-state index is -0.917. The Balaban J connectivity index is 3.03. The Bertz CT molecular complexity index is 428. The van der Waals surface area contributed by atoms with Crippen molar-refractivity contribution in [1.82, 2.24) is 0 Å². The summed E-state index contributed by atoms with van der Waals surface area (Å²) in [6, 6.07) is 4.89. The fourth-order valence-corrected chi connectivity index (χ4v) is 2.21. The Morgan fingerprint density at radius 3 is 2.42 bits per heavy atom. The average molecular weight is 264 g/mol. The van der Waals surface area contributed by atoms with Crippen molar-refractivity contribution in [3.63, 3.8) is 0 Å². The molecule has 0 saturated heterocycles. The summed E-state index contributed by atoms with van der Waals surface area (Å²) in [5.41, 5.74) is 7.74. The number of nitrogens with two attached hydrogens (primary N) is 1. The first kappa shape index (κ1) is 15.3. The van der Waals surface area contributed by atoms with Crippen molar-refractivity contribution in [3.05, 3.63) is 23.8 Å². The van der Waals surface area contributed by atoms with Crippen LogP contribution in [0.4, 0.5) is 11.4 Å². The molecule has 0 aliphatic heterocycles. The van der Waals surface area contributed by atoms with Gasteiger partial charge in [0.15, 0.2) is 0 Å². The molecule has 1 aromatic carbocycles. The van der Waals surface area contributed by atoms with Crippen LogP contribution in [-0.2, 0) is 0 Å². The third-order valence-electron chi connectivity index (χ3n) is 3.63. The second kappa shape index (κ2) is 7.02. The van der Waals surface area contributed by atoms with Crippen molar-refractivity contribution in [3.8, 4) is 0 Å². The van der Waals surface area contributed by atoms with E-state index in [-0.39, 0.29) is 5.56 Å². The van der Waals surface area contributed by atoms with Gasteiger partial charge < -0.3 is 15.7 Å². The highest BCUT2D eigenvalue weighted by Gasteiger charge is 2.15. The van der Waals surface area contributed by atoms with E-state index in [1.165, 1.54) is 0 Å². The molecule has 0 saturated carbocycles.